The van der Waals surface area contributed by atoms with E-state index in [1.165, 1.54) is 0 Å². The molecule has 0 atom stereocenters. The lowest BCUT2D eigenvalue weighted by Gasteiger charge is -2.10. The largest absolute Gasteiger partial charge is 0.398 e. The highest BCUT2D eigenvalue weighted by molar-refractivity contribution is 6.00. The van der Waals surface area contributed by atoms with Crippen LogP contribution in [0.3, 0.4) is 0 Å². The topological polar surface area (TPSA) is 72.9 Å². The van der Waals surface area contributed by atoms with Crippen molar-refractivity contribution in [1.29, 1.82) is 0 Å². The number of carbonyl (C=O) groups excluding carboxylic acids is 1. The number of imidazole rings is 1. The van der Waals surface area contributed by atoms with Gasteiger partial charge in [-0.15, -0.1) is 0 Å². The summed E-state index contributed by atoms with van der Waals surface area (Å²) in [5.74, 6) is 0.629. The molecule has 0 bridgehead atoms. The quantitative estimate of drug-likeness (QED) is 0.798. The summed E-state index contributed by atoms with van der Waals surface area (Å²) in [4.78, 5) is 16.2. The first-order chi connectivity index (χ1) is 8.59. The second-order valence-corrected chi connectivity index (χ2v) is 4.18. The summed E-state index contributed by atoms with van der Waals surface area (Å²) in [6.45, 7) is 2.25. The number of nitrogens with zero attached hydrogens (tertiary/aromatic N) is 2. The summed E-state index contributed by atoms with van der Waals surface area (Å²) in [5, 5.41) is 2.82. The Balaban J connectivity index is 2.11. The Hall–Kier alpha value is -2.30. The van der Waals surface area contributed by atoms with Crippen molar-refractivity contribution < 1.29 is 4.79 Å². The molecule has 0 aliphatic heterocycles. The van der Waals surface area contributed by atoms with Gasteiger partial charge in [0.2, 0.25) is 0 Å². The zero-order valence-corrected chi connectivity index (χ0v) is 10.5. The average molecular weight is 244 g/mol. The molecule has 0 spiro atoms. The number of benzene rings is 1. The molecule has 5 nitrogen and oxygen atoms in total. The molecule has 0 aliphatic carbocycles. The first-order valence-electron chi connectivity index (χ1n) is 5.69. The van der Waals surface area contributed by atoms with E-state index in [4.69, 9.17) is 5.73 Å². The minimum atomic E-state index is -0.173. The lowest BCUT2D eigenvalue weighted by atomic mass is 10.1. The maximum absolute atomic E-state index is 12.1. The van der Waals surface area contributed by atoms with Crippen LogP contribution in [0.4, 0.5) is 5.69 Å². The van der Waals surface area contributed by atoms with E-state index in [0.29, 0.717) is 17.8 Å². The molecule has 1 aromatic carbocycles. The third kappa shape index (κ3) is 2.34. The number of hydrogen-bond donors (Lipinski definition) is 2. The SMILES string of the molecule is Cc1cccc(N)c1C(=O)NCc1nccn1C. The molecule has 3 N–H and O–H groups in total. The molecular weight excluding hydrogens is 228 g/mol. The molecule has 2 aromatic rings. The summed E-state index contributed by atoms with van der Waals surface area (Å²) < 4.78 is 1.86. The van der Waals surface area contributed by atoms with Gasteiger partial charge in [-0.2, -0.15) is 0 Å². The number of anilines is 1. The van der Waals surface area contributed by atoms with Crippen molar-refractivity contribution in [3.05, 3.63) is 47.5 Å². The molecule has 1 amide bonds. The van der Waals surface area contributed by atoms with E-state index in [9.17, 15) is 4.79 Å². The molecule has 1 aromatic heterocycles. The predicted octanol–water partition coefficient (Wildman–Crippen LogP) is 1.24. The van der Waals surface area contributed by atoms with Gasteiger partial charge in [0.05, 0.1) is 12.1 Å². The van der Waals surface area contributed by atoms with Gasteiger partial charge >= 0.3 is 0 Å². The van der Waals surface area contributed by atoms with Crippen LogP contribution in [-0.2, 0) is 13.6 Å². The Morgan fingerprint density at radius 3 is 2.89 bits per heavy atom. The second-order valence-electron chi connectivity index (χ2n) is 4.18. The molecule has 0 saturated heterocycles. The van der Waals surface area contributed by atoms with Crippen LogP contribution in [0.1, 0.15) is 21.7 Å². The van der Waals surface area contributed by atoms with Crippen molar-refractivity contribution in [3.8, 4) is 0 Å². The van der Waals surface area contributed by atoms with E-state index in [1.807, 2.05) is 36.9 Å². The molecule has 1 heterocycles. The molecular formula is C13H16N4O. The average Bonchev–Trinajstić information content (AvgIpc) is 2.72. The van der Waals surface area contributed by atoms with Crippen molar-refractivity contribution in [2.75, 3.05) is 5.73 Å². The molecule has 18 heavy (non-hydrogen) atoms. The fraction of sp³-hybridized carbons (Fsp3) is 0.231. The molecule has 5 heteroatoms. The monoisotopic (exact) mass is 244 g/mol. The van der Waals surface area contributed by atoms with Crippen LogP contribution < -0.4 is 11.1 Å². The van der Waals surface area contributed by atoms with Crippen LogP contribution in [0, 0.1) is 6.92 Å². The molecule has 0 radical (unpaired) electrons. The summed E-state index contributed by atoms with van der Waals surface area (Å²) in [5.41, 5.74) is 7.71. The van der Waals surface area contributed by atoms with E-state index >= 15 is 0 Å². The Kier molecular flexibility index (Phi) is 3.32. The molecule has 2 rings (SSSR count). The lowest BCUT2D eigenvalue weighted by molar-refractivity contribution is 0.0950. The molecule has 94 valence electrons. The summed E-state index contributed by atoms with van der Waals surface area (Å²) in [6.07, 6.45) is 3.53. The Bertz CT molecular complexity index is 554. The van der Waals surface area contributed by atoms with Gasteiger partial charge < -0.3 is 15.6 Å². The Morgan fingerprint density at radius 2 is 2.28 bits per heavy atom. The first-order valence-corrected chi connectivity index (χ1v) is 5.69. The molecule has 0 aliphatic rings. The Morgan fingerprint density at radius 1 is 1.50 bits per heavy atom. The summed E-state index contributed by atoms with van der Waals surface area (Å²) >= 11 is 0. The predicted molar refractivity (Wildman–Crippen MR) is 70.0 cm³/mol. The minimum Gasteiger partial charge on any atom is -0.398 e. The Labute approximate surface area is 106 Å². The normalized spacial score (nSPS) is 10.3. The highest BCUT2D eigenvalue weighted by Crippen LogP contribution is 2.15. The number of rotatable bonds is 3. The van der Waals surface area contributed by atoms with Crippen LogP contribution >= 0.6 is 0 Å². The number of amides is 1. The third-order valence-corrected chi connectivity index (χ3v) is 2.86. The fourth-order valence-corrected chi connectivity index (χ4v) is 1.82. The van der Waals surface area contributed by atoms with Crippen molar-refractivity contribution in [2.24, 2.45) is 7.05 Å². The minimum absolute atomic E-state index is 0.173. The molecule has 0 saturated carbocycles. The highest BCUT2D eigenvalue weighted by atomic mass is 16.1. The number of nitrogens with two attached hydrogens (primary N) is 1. The van der Waals surface area contributed by atoms with E-state index < -0.39 is 0 Å². The van der Waals surface area contributed by atoms with Crippen LogP contribution in [-0.4, -0.2) is 15.5 Å². The zero-order valence-electron chi connectivity index (χ0n) is 10.5. The number of aromatic nitrogens is 2. The van der Waals surface area contributed by atoms with Crippen LogP contribution in [0.25, 0.3) is 0 Å². The summed E-state index contributed by atoms with van der Waals surface area (Å²) in [7, 11) is 1.89. The number of hydrogen-bond acceptors (Lipinski definition) is 3. The van der Waals surface area contributed by atoms with Crippen molar-refractivity contribution in [3.63, 3.8) is 0 Å². The number of nitrogens with one attached hydrogen (secondary N) is 1. The van der Waals surface area contributed by atoms with Crippen molar-refractivity contribution in [2.45, 2.75) is 13.5 Å². The van der Waals surface area contributed by atoms with Gasteiger partial charge in [-0.3, -0.25) is 4.79 Å². The number of aryl methyl sites for hydroxylation is 2. The van der Waals surface area contributed by atoms with E-state index in [-0.39, 0.29) is 5.91 Å². The maximum Gasteiger partial charge on any atom is 0.254 e. The van der Waals surface area contributed by atoms with Gasteiger partial charge in [-0.05, 0) is 18.6 Å². The maximum atomic E-state index is 12.1. The van der Waals surface area contributed by atoms with Crippen LogP contribution in [0.15, 0.2) is 30.6 Å². The highest BCUT2D eigenvalue weighted by Gasteiger charge is 2.12. The number of nitrogen functional groups attached to an aromatic ring is 1. The van der Waals surface area contributed by atoms with Gasteiger partial charge in [-0.1, -0.05) is 12.1 Å². The van der Waals surface area contributed by atoms with Crippen LogP contribution in [0.2, 0.25) is 0 Å². The first kappa shape index (κ1) is 12.2. The van der Waals surface area contributed by atoms with Gasteiger partial charge in [0, 0.05) is 25.1 Å². The standard InChI is InChI=1S/C13H16N4O/c1-9-4-3-5-10(14)12(9)13(18)16-8-11-15-6-7-17(11)2/h3-7H,8,14H2,1-2H3,(H,16,18). The van der Waals surface area contributed by atoms with Gasteiger partial charge in [-0.25, -0.2) is 4.98 Å². The van der Waals surface area contributed by atoms with Crippen LogP contribution in [0.5, 0.6) is 0 Å². The van der Waals surface area contributed by atoms with E-state index in [0.717, 1.165) is 11.4 Å². The van der Waals surface area contributed by atoms with Crippen molar-refractivity contribution >= 4 is 11.6 Å². The second kappa shape index (κ2) is 4.91. The van der Waals surface area contributed by atoms with Gasteiger partial charge in [0.25, 0.3) is 5.91 Å². The molecule has 0 unspecified atom stereocenters. The number of carbonyl (C=O) groups is 1. The van der Waals surface area contributed by atoms with E-state index in [2.05, 4.69) is 10.3 Å². The lowest BCUT2D eigenvalue weighted by Crippen LogP contribution is -2.26. The van der Waals surface area contributed by atoms with Gasteiger partial charge in [0.1, 0.15) is 5.82 Å². The molecule has 0 fully saturated rings. The summed E-state index contributed by atoms with van der Waals surface area (Å²) in [6, 6.07) is 5.43. The van der Waals surface area contributed by atoms with Crippen molar-refractivity contribution in [1.82, 2.24) is 14.9 Å². The third-order valence-electron chi connectivity index (χ3n) is 2.86. The van der Waals surface area contributed by atoms with Gasteiger partial charge in [0.15, 0.2) is 0 Å². The fourth-order valence-electron chi connectivity index (χ4n) is 1.82. The zero-order chi connectivity index (χ0) is 13.1. The van der Waals surface area contributed by atoms with E-state index in [1.54, 1.807) is 12.3 Å². The smallest absolute Gasteiger partial charge is 0.254 e.